The molecule has 0 fully saturated rings. The average molecular weight is 227 g/mol. The molecular formula is C15H17NO. The van der Waals surface area contributed by atoms with E-state index in [1.54, 1.807) is 0 Å². The van der Waals surface area contributed by atoms with Crippen LogP contribution in [0.2, 0.25) is 0 Å². The number of hydrogen-bond acceptors (Lipinski definition) is 2. The van der Waals surface area contributed by atoms with Gasteiger partial charge >= 0.3 is 0 Å². The van der Waals surface area contributed by atoms with Crippen molar-refractivity contribution in [1.29, 1.82) is 0 Å². The zero-order chi connectivity index (χ0) is 12.5. The number of nitrogens with two attached hydrogens (primary N) is 1. The lowest BCUT2D eigenvalue weighted by atomic mass is 9.92. The molecule has 0 atom stereocenters. The largest absolute Gasteiger partial charge is 0.325 e. The molecule has 2 nitrogen and oxygen atoms in total. The molecular weight excluding hydrogens is 210 g/mol. The van der Waals surface area contributed by atoms with Gasteiger partial charge in [-0.2, -0.15) is 0 Å². The van der Waals surface area contributed by atoms with Gasteiger partial charge in [-0.05, 0) is 24.6 Å². The second-order valence-corrected chi connectivity index (χ2v) is 5.12. The van der Waals surface area contributed by atoms with E-state index in [0.29, 0.717) is 6.42 Å². The predicted molar refractivity (Wildman–Crippen MR) is 71.2 cm³/mol. The van der Waals surface area contributed by atoms with Crippen LogP contribution in [-0.4, -0.2) is 11.3 Å². The highest BCUT2D eigenvalue weighted by atomic mass is 16.1. The SMILES string of the molecule is CC(C)(N)CC(=O)c1cccc2ccccc12. The Bertz CT molecular complexity index is 547. The molecule has 17 heavy (non-hydrogen) atoms. The molecule has 0 saturated heterocycles. The number of ketones is 1. The molecule has 0 spiro atoms. The molecule has 0 bridgehead atoms. The van der Waals surface area contributed by atoms with Crippen molar-refractivity contribution in [2.45, 2.75) is 25.8 Å². The third-order valence-corrected chi connectivity index (χ3v) is 2.71. The van der Waals surface area contributed by atoms with E-state index < -0.39 is 5.54 Å². The minimum Gasteiger partial charge on any atom is -0.325 e. The first-order valence-electron chi connectivity index (χ1n) is 5.77. The van der Waals surface area contributed by atoms with Crippen molar-refractivity contribution in [2.75, 3.05) is 0 Å². The van der Waals surface area contributed by atoms with Gasteiger partial charge in [0.25, 0.3) is 0 Å². The normalized spacial score (nSPS) is 11.7. The number of carbonyl (C=O) groups is 1. The second-order valence-electron chi connectivity index (χ2n) is 5.12. The van der Waals surface area contributed by atoms with Crippen LogP contribution in [0.1, 0.15) is 30.6 Å². The first kappa shape index (κ1) is 11.8. The van der Waals surface area contributed by atoms with Gasteiger partial charge < -0.3 is 5.73 Å². The Labute approximate surface area is 101 Å². The summed E-state index contributed by atoms with van der Waals surface area (Å²) in [4.78, 5) is 12.2. The summed E-state index contributed by atoms with van der Waals surface area (Å²) in [6.07, 6.45) is 0.362. The monoisotopic (exact) mass is 227 g/mol. The number of fused-ring (bicyclic) bond motifs is 1. The van der Waals surface area contributed by atoms with Crippen LogP contribution in [0.25, 0.3) is 10.8 Å². The first-order chi connectivity index (χ1) is 7.97. The summed E-state index contributed by atoms with van der Waals surface area (Å²) < 4.78 is 0. The Kier molecular flexibility index (Phi) is 2.99. The topological polar surface area (TPSA) is 43.1 Å². The summed E-state index contributed by atoms with van der Waals surface area (Å²) in [7, 11) is 0. The Morgan fingerprint density at radius 3 is 2.47 bits per heavy atom. The summed E-state index contributed by atoms with van der Waals surface area (Å²) in [5.41, 5.74) is 6.20. The minimum absolute atomic E-state index is 0.106. The van der Waals surface area contributed by atoms with Crippen LogP contribution < -0.4 is 5.73 Å². The Morgan fingerprint density at radius 1 is 1.12 bits per heavy atom. The van der Waals surface area contributed by atoms with E-state index in [9.17, 15) is 4.79 Å². The van der Waals surface area contributed by atoms with E-state index in [-0.39, 0.29) is 5.78 Å². The van der Waals surface area contributed by atoms with Crippen LogP contribution >= 0.6 is 0 Å². The molecule has 2 aromatic rings. The van der Waals surface area contributed by atoms with Crippen LogP contribution in [0.15, 0.2) is 42.5 Å². The molecule has 0 radical (unpaired) electrons. The van der Waals surface area contributed by atoms with Crippen molar-refractivity contribution in [1.82, 2.24) is 0 Å². The van der Waals surface area contributed by atoms with Crippen molar-refractivity contribution < 1.29 is 4.79 Å². The minimum atomic E-state index is -0.464. The van der Waals surface area contributed by atoms with E-state index in [0.717, 1.165) is 16.3 Å². The van der Waals surface area contributed by atoms with Crippen molar-refractivity contribution in [3.8, 4) is 0 Å². The average Bonchev–Trinajstić information content (AvgIpc) is 2.26. The zero-order valence-electron chi connectivity index (χ0n) is 10.2. The van der Waals surface area contributed by atoms with Crippen molar-refractivity contribution >= 4 is 16.6 Å². The predicted octanol–water partition coefficient (Wildman–Crippen LogP) is 3.15. The lowest BCUT2D eigenvalue weighted by Gasteiger charge is -2.17. The van der Waals surface area contributed by atoms with E-state index in [1.807, 2.05) is 56.3 Å². The van der Waals surface area contributed by atoms with Gasteiger partial charge in [-0.1, -0.05) is 42.5 Å². The van der Waals surface area contributed by atoms with Crippen LogP contribution in [0, 0.1) is 0 Å². The molecule has 0 heterocycles. The molecule has 0 amide bonds. The molecule has 0 aromatic heterocycles. The summed E-state index contributed by atoms with van der Waals surface area (Å²) in [6.45, 7) is 3.74. The number of rotatable bonds is 3. The fourth-order valence-electron chi connectivity index (χ4n) is 1.98. The molecule has 2 aromatic carbocycles. The van der Waals surface area contributed by atoms with Gasteiger partial charge in [-0.3, -0.25) is 4.79 Å². The standard InChI is InChI=1S/C15H17NO/c1-15(2,16)10-14(17)13-9-5-7-11-6-3-4-8-12(11)13/h3-9H,10,16H2,1-2H3. The summed E-state index contributed by atoms with van der Waals surface area (Å²) in [6, 6.07) is 13.7. The van der Waals surface area contributed by atoms with Crippen LogP contribution in [0.4, 0.5) is 0 Å². The van der Waals surface area contributed by atoms with Gasteiger partial charge in [0.05, 0.1) is 0 Å². The number of benzene rings is 2. The molecule has 2 rings (SSSR count). The molecule has 2 heteroatoms. The summed E-state index contributed by atoms with van der Waals surface area (Å²) in [5, 5.41) is 2.09. The third-order valence-electron chi connectivity index (χ3n) is 2.71. The highest BCUT2D eigenvalue weighted by Gasteiger charge is 2.18. The van der Waals surface area contributed by atoms with Gasteiger partial charge in [-0.25, -0.2) is 0 Å². The molecule has 2 N–H and O–H groups in total. The molecule has 0 aliphatic heterocycles. The van der Waals surface area contributed by atoms with Crippen molar-refractivity contribution in [3.05, 3.63) is 48.0 Å². The van der Waals surface area contributed by atoms with Crippen LogP contribution in [0.5, 0.6) is 0 Å². The van der Waals surface area contributed by atoms with Crippen LogP contribution in [-0.2, 0) is 0 Å². The van der Waals surface area contributed by atoms with Gasteiger partial charge in [0.1, 0.15) is 0 Å². The van der Waals surface area contributed by atoms with Crippen molar-refractivity contribution in [3.63, 3.8) is 0 Å². The van der Waals surface area contributed by atoms with E-state index >= 15 is 0 Å². The lowest BCUT2D eigenvalue weighted by molar-refractivity contribution is 0.0962. The summed E-state index contributed by atoms with van der Waals surface area (Å²) >= 11 is 0. The highest BCUT2D eigenvalue weighted by molar-refractivity contribution is 6.08. The third kappa shape index (κ3) is 2.71. The smallest absolute Gasteiger partial charge is 0.165 e. The molecule has 0 saturated carbocycles. The quantitative estimate of drug-likeness (QED) is 0.818. The Morgan fingerprint density at radius 2 is 1.76 bits per heavy atom. The fraction of sp³-hybridized carbons (Fsp3) is 0.267. The molecule has 0 unspecified atom stereocenters. The fourth-order valence-corrected chi connectivity index (χ4v) is 1.98. The Hall–Kier alpha value is -1.67. The highest BCUT2D eigenvalue weighted by Crippen LogP contribution is 2.21. The van der Waals surface area contributed by atoms with Gasteiger partial charge in [0.2, 0.25) is 0 Å². The maximum Gasteiger partial charge on any atom is 0.165 e. The molecule has 0 aliphatic rings. The molecule has 88 valence electrons. The maximum atomic E-state index is 12.2. The maximum absolute atomic E-state index is 12.2. The van der Waals surface area contributed by atoms with Crippen molar-refractivity contribution in [2.24, 2.45) is 5.73 Å². The summed E-state index contributed by atoms with van der Waals surface area (Å²) in [5.74, 6) is 0.106. The Balaban J connectivity index is 2.45. The van der Waals surface area contributed by atoms with Gasteiger partial charge in [0.15, 0.2) is 5.78 Å². The van der Waals surface area contributed by atoms with E-state index in [2.05, 4.69) is 0 Å². The van der Waals surface area contributed by atoms with E-state index in [4.69, 9.17) is 5.73 Å². The van der Waals surface area contributed by atoms with E-state index in [1.165, 1.54) is 0 Å². The zero-order valence-corrected chi connectivity index (χ0v) is 10.2. The number of Topliss-reactive ketones (excluding diaryl/α,β-unsaturated/α-hetero) is 1. The second kappa shape index (κ2) is 4.30. The number of carbonyl (C=O) groups excluding carboxylic acids is 1. The number of hydrogen-bond donors (Lipinski definition) is 1. The molecule has 0 aliphatic carbocycles. The first-order valence-corrected chi connectivity index (χ1v) is 5.77. The van der Waals surface area contributed by atoms with Crippen LogP contribution in [0.3, 0.4) is 0 Å². The van der Waals surface area contributed by atoms with Gasteiger partial charge in [-0.15, -0.1) is 0 Å². The lowest BCUT2D eigenvalue weighted by Crippen LogP contribution is -2.34. The van der Waals surface area contributed by atoms with Gasteiger partial charge in [0, 0.05) is 17.5 Å².